The number of carbonyl (C=O) groups is 1. The van der Waals surface area contributed by atoms with Crippen molar-refractivity contribution in [2.75, 3.05) is 14.2 Å². The van der Waals surface area contributed by atoms with Crippen LogP contribution in [0.4, 0.5) is 0 Å². The molecule has 1 aromatic carbocycles. The van der Waals surface area contributed by atoms with E-state index < -0.39 is 5.97 Å². The zero-order valence-electron chi connectivity index (χ0n) is 11.9. The summed E-state index contributed by atoms with van der Waals surface area (Å²) < 4.78 is 15.3. The fourth-order valence-electron chi connectivity index (χ4n) is 1.26. The van der Waals surface area contributed by atoms with E-state index in [1.165, 1.54) is 14.2 Å². The second-order valence-electron chi connectivity index (χ2n) is 3.52. The van der Waals surface area contributed by atoms with Crippen LogP contribution in [-0.2, 0) is 4.74 Å². The van der Waals surface area contributed by atoms with Gasteiger partial charge in [0.1, 0.15) is 0 Å². The average Bonchev–Trinajstić information content (AvgIpc) is 2.40. The van der Waals surface area contributed by atoms with Gasteiger partial charge in [0, 0.05) is 0 Å². The van der Waals surface area contributed by atoms with Crippen LogP contribution in [0.3, 0.4) is 0 Å². The lowest BCUT2D eigenvalue weighted by Gasteiger charge is -2.13. The highest BCUT2D eigenvalue weighted by Gasteiger charge is 2.11. The number of hydrogen-bond donors (Lipinski definition) is 0. The van der Waals surface area contributed by atoms with Gasteiger partial charge in [-0.3, -0.25) is 0 Å². The molecule has 0 aliphatic carbocycles. The third-order valence-electron chi connectivity index (χ3n) is 1.95. The van der Waals surface area contributed by atoms with Crippen molar-refractivity contribution >= 4 is 5.97 Å². The molecule has 0 aromatic heterocycles. The zero-order chi connectivity index (χ0) is 14.1. The molecular formula is C14H22O4. The molecule has 0 bridgehead atoms. The fraction of sp³-hybridized carbons (Fsp3) is 0.500. The van der Waals surface area contributed by atoms with Crippen LogP contribution < -0.4 is 9.47 Å². The minimum absolute atomic E-state index is 0.0536. The van der Waals surface area contributed by atoms with Crippen molar-refractivity contribution in [3.63, 3.8) is 0 Å². The molecule has 1 rings (SSSR count). The van der Waals surface area contributed by atoms with Crippen LogP contribution in [0, 0.1) is 0 Å². The summed E-state index contributed by atoms with van der Waals surface area (Å²) in [5, 5.41) is 0. The predicted molar refractivity (Wildman–Crippen MR) is 71.4 cm³/mol. The SMILES string of the molecule is CC.COC(=O)c1ccc(OC(C)C)c(OC)c1. The van der Waals surface area contributed by atoms with Gasteiger partial charge in [-0.2, -0.15) is 0 Å². The van der Waals surface area contributed by atoms with Crippen molar-refractivity contribution in [3.8, 4) is 11.5 Å². The second kappa shape index (κ2) is 8.39. The van der Waals surface area contributed by atoms with Crippen molar-refractivity contribution in [1.82, 2.24) is 0 Å². The molecule has 0 radical (unpaired) electrons. The summed E-state index contributed by atoms with van der Waals surface area (Å²) in [4.78, 5) is 11.3. The van der Waals surface area contributed by atoms with Crippen LogP contribution in [-0.4, -0.2) is 26.3 Å². The van der Waals surface area contributed by atoms with E-state index in [1.54, 1.807) is 18.2 Å². The number of ether oxygens (including phenoxy) is 3. The Balaban J connectivity index is 0.00000137. The number of methoxy groups -OCH3 is 2. The van der Waals surface area contributed by atoms with Gasteiger partial charge < -0.3 is 14.2 Å². The van der Waals surface area contributed by atoms with Crippen LogP contribution in [0.1, 0.15) is 38.1 Å². The summed E-state index contributed by atoms with van der Waals surface area (Å²) >= 11 is 0. The van der Waals surface area contributed by atoms with Crippen molar-refractivity contribution in [3.05, 3.63) is 23.8 Å². The minimum atomic E-state index is -0.394. The first-order chi connectivity index (χ1) is 8.58. The smallest absolute Gasteiger partial charge is 0.337 e. The summed E-state index contributed by atoms with van der Waals surface area (Å²) in [5.41, 5.74) is 0.440. The maximum absolute atomic E-state index is 11.3. The largest absolute Gasteiger partial charge is 0.493 e. The average molecular weight is 254 g/mol. The first-order valence-electron chi connectivity index (χ1n) is 6.01. The topological polar surface area (TPSA) is 44.8 Å². The van der Waals surface area contributed by atoms with E-state index in [0.717, 1.165) is 0 Å². The third kappa shape index (κ3) is 4.65. The molecule has 0 aliphatic heterocycles. The monoisotopic (exact) mass is 254 g/mol. The molecule has 0 saturated heterocycles. The van der Waals surface area contributed by atoms with Crippen molar-refractivity contribution in [1.29, 1.82) is 0 Å². The Morgan fingerprint density at radius 1 is 1.11 bits per heavy atom. The Labute approximate surface area is 109 Å². The molecule has 0 saturated carbocycles. The Bertz CT molecular complexity index is 372. The molecule has 0 unspecified atom stereocenters. The normalized spacial score (nSPS) is 9.28. The van der Waals surface area contributed by atoms with Gasteiger partial charge in [0.25, 0.3) is 0 Å². The number of esters is 1. The van der Waals surface area contributed by atoms with E-state index in [9.17, 15) is 4.79 Å². The molecular weight excluding hydrogens is 232 g/mol. The Hall–Kier alpha value is -1.71. The molecule has 0 N–H and O–H groups in total. The molecule has 0 atom stereocenters. The van der Waals surface area contributed by atoms with E-state index in [2.05, 4.69) is 4.74 Å². The Kier molecular flexibility index (Phi) is 7.59. The van der Waals surface area contributed by atoms with Crippen LogP contribution >= 0.6 is 0 Å². The summed E-state index contributed by atoms with van der Waals surface area (Å²) in [6.07, 6.45) is 0.0536. The van der Waals surface area contributed by atoms with E-state index in [4.69, 9.17) is 9.47 Å². The van der Waals surface area contributed by atoms with Gasteiger partial charge in [-0.05, 0) is 32.0 Å². The van der Waals surface area contributed by atoms with Crippen LogP contribution in [0.25, 0.3) is 0 Å². The molecule has 0 spiro atoms. The molecule has 0 aliphatic rings. The van der Waals surface area contributed by atoms with Gasteiger partial charge in [0.05, 0.1) is 25.9 Å². The Morgan fingerprint density at radius 3 is 2.17 bits per heavy atom. The molecule has 4 heteroatoms. The maximum Gasteiger partial charge on any atom is 0.337 e. The summed E-state index contributed by atoms with van der Waals surface area (Å²) in [7, 11) is 2.87. The lowest BCUT2D eigenvalue weighted by Crippen LogP contribution is -2.08. The first kappa shape index (κ1) is 16.3. The van der Waals surface area contributed by atoms with Gasteiger partial charge in [0.2, 0.25) is 0 Å². The van der Waals surface area contributed by atoms with E-state index >= 15 is 0 Å². The molecule has 4 nitrogen and oxygen atoms in total. The quantitative estimate of drug-likeness (QED) is 0.773. The lowest BCUT2D eigenvalue weighted by molar-refractivity contribution is 0.0600. The zero-order valence-corrected chi connectivity index (χ0v) is 11.9. The van der Waals surface area contributed by atoms with Gasteiger partial charge in [0.15, 0.2) is 11.5 Å². The maximum atomic E-state index is 11.3. The molecule has 102 valence electrons. The highest BCUT2D eigenvalue weighted by atomic mass is 16.5. The minimum Gasteiger partial charge on any atom is -0.493 e. The van der Waals surface area contributed by atoms with Crippen molar-refractivity contribution in [2.24, 2.45) is 0 Å². The lowest BCUT2D eigenvalue weighted by atomic mass is 10.2. The second-order valence-corrected chi connectivity index (χ2v) is 3.52. The summed E-state index contributed by atoms with van der Waals surface area (Å²) in [6.45, 7) is 7.85. The number of rotatable bonds is 4. The highest BCUT2D eigenvalue weighted by molar-refractivity contribution is 5.90. The van der Waals surface area contributed by atoms with Crippen LogP contribution in [0.15, 0.2) is 18.2 Å². The molecule has 1 aromatic rings. The molecule has 0 amide bonds. The van der Waals surface area contributed by atoms with Crippen molar-refractivity contribution < 1.29 is 19.0 Å². The fourth-order valence-corrected chi connectivity index (χ4v) is 1.26. The standard InChI is InChI=1S/C12H16O4.C2H6/c1-8(2)16-10-6-5-9(12(13)15-4)7-11(10)14-3;1-2/h5-8H,1-4H3;1-2H3. The highest BCUT2D eigenvalue weighted by Crippen LogP contribution is 2.29. The van der Waals surface area contributed by atoms with E-state index in [-0.39, 0.29) is 6.10 Å². The Morgan fingerprint density at radius 2 is 1.72 bits per heavy atom. The third-order valence-corrected chi connectivity index (χ3v) is 1.95. The van der Waals surface area contributed by atoms with E-state index in [0.29, 0.717) is 17.1 Å². The van der Waals surface area contributed by atoms with Gasteiger partial charge >= 0.3 is 5.97 Å². The first-order valence-corrected chi connectivity index (χ1v) is 6.01. The molecule has 0 heterocycles. The van der Waals surface area contributed by atoms with Gasteiger partial charge in [-0.1, -0.05) is 13.8 Å². The number of hydrogen-bond acceptors (Lipinski definition) is 4. The van der Waals surface area contributed by atoms with Crippen LogP contribution in [0.5, 0.6) is 11.5 Å². The van der Waals surface area contributed by atoms with Gasteiger partial charge in [-0.25, -0.2) is 4.79 Å². The van der Waals surface area contributed by atoms with Gasteiger partial charge in [-0.15, -0.1) is 0 Å². The molecule has 0 fully saturated rings. The van der Waals surface area contributed by atoms with Crippen molar-refractivity contribution in [2.45, 2.75) is 33.8 Å². The number of carbonyl (C=O) groups excluding carboxylic acids is 1. The summed E-state index contributed by atoms with van der Waals surface area (Å²) in [6, 6.07) is 4.95. The summed E-state index contributed by atoms with van der Waals surface area (Å²) in [5.74, 6) is 0.746. The molecule has 18 heavy (non-hydrogen) atoms. The number of benzene rings is 1. The van der Waals surface area contributed by atoms with E-state index in [1.807, 2.05) is 27.7 Å². The van der Waals surface area contributed by atoms with Crippen LogP contribution in [0.2, 0.25) is 0 Å². The predicted octanol–water partition coefficient (Wildman–Crippen LogP) is 3.30.